The fraction of sp³-hybridized carbons (Fsp3) is 0.263. The molecule has 3 rings (SSSR count). The van der Waals surface area contributed by atoms with Crippen LogP contribution in [0, 0.1) is 10.1 Å². The van der Waals surface area contributed by atoms with E-state index in [1.165, 1.54) is 12.1 Å². The summed E-state index contributed by atoms with van der Waals surface area (Å²) in [4.78, 5) is 34.4. The summed E-state index contributed by atoms with van der Waals surface area (Å²) in [7, 11) is -4.49. The Morgan fingerprint density at radius 1 is 1.13 bits per heavy atom. The molecule has 0 spiro atoms. The number of ketones is 1. The van der Waals surface area contributed by atoms with Gasteiger partial charge in [0.25, 0.3) is 15.7 Å². The smallest absolute Gasteiger partial charge is 0.325 e. The number of hydrogen-bond acceptors (Lipinski definition) is 8. The molecule has 0 unspecified atom stereocenters. The van der Waals surface area contributed by atoms with E-state index in [0.29, 0.717) is 9.87 Å². The lowest BCUT2D eigenvalue weighted by Gasteiger charge is -2.22. The summed E-state index contributed by atoms with van der Waals surface area (Å²) in [6, 6.07) is 11.4. The second-order valence-corrected chi connectivity index (χ2v) is 8.46. The van der Waals surface area contributed by atoms with Crippen LogP contribution in [0.25, 0.3) is 0 Å². The third-order valence-corrected chi connectivity index (χ3v) is 6.52. The van der Waals surface area contributed by atoms with E-state index in [4.69, 9.17) is 4.74 Å². The third kappa shape index (κ3) is 4.37. The Morgan fingerprint density at radius 3 is 2.43 bits per heavy atom. The summed E-state index contributed by atoms with van der Waals surface area (Å²) in [5.41, 5.74) is -0.327. The van der Waals surface area contributed by atoms with Crippen LogP contribution in [0.4, 0.5) is 5.69 Å². The van der Waals surface area contributed by atoms with Crippen LogP contribution < -0.4 is 0 Å². The standard InChI is InChI=1S/C19H18N2O8S/c22-14-10-16(19(24)29-12-17(23)13-6-2-1-3-7-13)20(11-14)30(27,28)18-9-5-4-8-15(18)21(25)26/h1-9,14,16,22H,10-12H2/t14-,16+/m0/s1. The largest absolute Gasteiger partial charge is 0.456 e. The highest BCUT2D eigenvalue weighted by Gasteiger charge is 2.46. The maximum Gasteiger partial charge on any atom is 0.325 e. The Balaban J connectivity index is 1.80. The number of nitro groups is 1. The molecule has 0 amide bonds. The van der Waals surface area contributed by atoms with E-state index in [-0.39, 0.29) is 6.42 Å². The zero-order chi connectivity index (χ0) is 21.9. The van der Waals surface area contributed by atoms with Crippen molar-refractivity contribution in [2.75, 3.05) is 13.2 Å². The molecule has 158 valence electrons. The van der Waals surface area contributed by atoms with Crippen LogP contribution in [0.5, 0.6) is 0 Å². The molecule has 0 aliphatic carbocycles. The molecule has 0 aromatic heterocycles. The lowest BCUT2D eigenvalue weighted by molar-refractivity contribution is -0.387. The molecule has 30 heavy (non-hydrogen) atoms. The minimum Gasteiger partial charge on any atom is -0.456 e. The van der Waals surface area contributed by atoms with Crippen molar-refractivity contribution in [2.45, 2.75) is 23.5 Å². The first-order valence-corrected chi connectivity index (χ1v) is 10.3. The lowest BCUT2D eigenvalue weighted by Crippen LogP contribution is -2.42. The first kappa shape index (κ1) is 21.6. The van der Waals surface area contributed by atoms with Gasteiger partial charge in [0.05, 0.1) is 11.0 Å². The van der Waals surface area contributed by atoms with E-state index in [1.54, 1.807) is 30.3 Å². The van der Waals surface area contributed by atoms with Gasteiger partial charge in [-0.1, -0.05) is 42.5 Å². The van der Waals surface area contributed by atoms with E-state index in [2.05, 4.69) is 0 Å². The predicted octanol–water partition coefficient (Wildman–Crippen LogP) is 1.14. The minimum atomic E-state index is -4.49. The van der Waals surface area contributed by atoms with Gasteiger partial charge in [-0.05, 0) is 6.07 Å². The fourth-order valence-electron chi connectivity index (χ4n) is 3.16. The molecule has 0 radical (unpaired) electrons. The Kier molecular flexibility index (Phi) is 6.25. The van der Waals surface area contributed by atoms with Crippen molar-refractivity contribution in [2.24, 2.45) is 0 Å². The number of nitro benzene ring substituents is 1. The first-order valence-electron chi connectivity index (χ1n) is 8.90. The molecule has 1 aliphatic rings. The SMILES string of the molecule is O=C(COC(=O)[C@H]1C[C@H](O)CN1S(=O)(=O)c1ccccc1[N+](=O)[O-])c1ccccc1. The zero-order valence-electron chi connectivity index (χ0n) is 15.6. The number of hydrogen-bond donors (Lipinski definition) is 1. The molecule has 1 saturated heterocycles. The molecule has 1 N–H and O–H groups in total. The van der Waals surface area contributed by atoms with Crippen LogP contribution in [-0.4, -0.2) is 59.8 Å². The molecule has 0 bridgehead atoms. The summed E-state index contributed by atoms with van der Waals surface area (Å²) in [5.74, 6) is -1.49. The number of benzene rings is 2. The van der Waals surface area contributed by atoms with Crippen LogP contribution in [-0.2, 0) is 19.6 Å². The Labute approximate surface area is 171 Å². The molecule has 1 heterocycles. The highest BCUT2D eigenvalue weighted by Crippen LogP contribution is 2.31. The number of ether oxygens (including phenoxy) is 1. The average Bonchev–Trinajstić information content (AvgIpc) is 3.15. The number of para-hydroxylation sites is 1. The fourth-order valence-corrected chi connectivity index (χ4v) is 4.94. The molecule has 1 fully saturated rings. The molecule has 2 aromatic carbocycles. The van der Waals surface area contributed by atoms with E-state index >= 15 is 0 Å². The number of aliphatic hydroxyl groups is 1. The first-order chi connectivity index (χ1) is 14.2. The van der Waals surface area contributed by atoms with Gasteiger partial charge in [-0.2, -0.15) is 4.31 Å². The molecule has 11 heteroatoms. The van der Waals surface area contributed by atoms with Crippen molar-refractivity contribution in [1.82, 2.24) is 4.31 Å². The Bertz CT molecular complexity index is 1070. The van der Waals surface area contributed by atoms with Crippen LogP contribution in [0.15, 0.2) is 59.5 Å². The molecule has 2 atom stereocenters. The topological polar surface area (TPSA) is 144 Å². The van der Waals surface area contributed by atoms with Gasteiger partial charge in [0, 0.05) is 24.6 Å². The average molecular weight is 434 g/mol. The monoisotopic (exact) mass is 434 g/mol. The van der Waals surface area contributed by atoms with E-state index < -0.39 is 62.6 Å². The minimum absolute atomic E-state index is 0.252. The van der Waals surface area contributed by atoms with Gasteiger partial charge in [-0.3, -0.25) is 19.7 Å². The highest BCUT2D eigenvalue weighted by atomic mass is 32.2. The molecule has 0 saturated carbocycles. The lowest BCUT2D eigenvalue weighted by atomic mass is 10.1. The van der Waals surface area contributed by atoms with Crippen molar-refractivity contribution >= 4 is 27.5 Å². The van der Waals surface area contributed by atoms with Gasteiger partial charge in [-0.25, -0.2) is 8.42 Å². The van der Waals surface area contributed by atoms with Crippen LogP contribution in [0.2, 0.25) is 0 Å². The van der Waals surface area contributed by atoms with Crippen molar-refractivity contribution < 1.29 is 32.8 Å². The van der Waals surface area contributed by atoms with Gasteiger partial charge in [0.15, 0.2) is 17.3 Å². The summed E-state index contributed by atoms with van der Waals surface area (Å²) >= 11 is 0. The van der Waals surface area contributed by atoms with Gasteiger partial charge in [-0.15, -0.1) is 0 Å². The number of Topliss-reactive ketones (excluding diaryl/α,β-unsaturated/α-hetero) is 1. The quantitative estimate of drug-likeness (QED) is 0.296. The molecular formula is C19H18N2O8S. The van der Waals surface area contributed by atoms with Crippen LogP contribution in [0.1, 0.15) is 16.8 Å². The number of nitrogens with zero attached hydrogens (tertiary/aromatic N) is 2. The number of β-amino-alcohol motifs (C(OH)–C–C–N with tert-alkyl or cyclic N) is 1. The van der Waals surface area contributed by atoms with Crippen LogP contribution in [0.3, 0.4) is 0 Å². The number of sulfonamides is 1. The summed E-state index contributed by atoms with van der Waals surface area (Å²) in [6.45, 7) is -1.03. The number of aliphatic hydroxyl groups excluding tert-OH is 1. The number of rotatable bonds is 7. The Morgan fingerprint density at radius 2 is 1.77 bits per heavy atom. The van der Waals surface area contributed by atoms with Crippen LogP contribution >= 0.6 is 0 Å². The van der Waals surface area contributed by atoms with Gasteiger partial charge in [0.2, 0.25) is 0 Å². The third-order valence-electron chi connectivity index (χ3n) is 4.60. The summed E-state index contributed by atoms with van der Waals surface area (Å²) in [5, 5.41) is 21.2. The van der Waals surface area contributed by atoms with Gasteiger partial charge in [0.1, 0.15) is 6.04 Å². The van der Waals surface area contributed by atoms with E-state index in [1.807, 2.05) is 0 Å². The van der Waals surface area contributed by atoms with Crippen molar-refractivity contribution in [1.29, 1.82) is 0 Å². The van der Waals surface area contributed by atoms with Crippen molar-refractivity contribution in [3.63, 3.8) is 0 Å². The Hall–Kier alpha value is -3.15. The predicted molar refractivity (Wildman–Crippen MR) is 103 cm³/mol. The van der Waals surface area contributed by atoms with Gasteiger partial charge >= 0.3 is 5.97 Å². The number of carbonyl (C=O) groups excluding carboxylic acids is 2. The van der Waals surface area contributed by atoms with Crippen molar-refractivity contribution in [3.05, 3.63) is 70.3 Å². The molecule has 10 nitrogen and oxygen atoms in total. The number of esters is 1. The highest BCUT2D eigenvalue weighted by molar-refractivity contribution is 7.89. The maximum atomic E-state index is 13.0. The van der Waals surface area contributed by atoms with Gasteiger partial charge < -0.3 is 9.84 Å². The number of carbonyl (C=O) groups is 2. The summed E-state index contributed by atoms with van der Waals surface area (Å²) < 4.78 is 31.7. The van der Waals surface area contributed by atoms with E-state index in [9.17, 15) is 33.2 Å². The normalized spacial score (nSPS) is 19.4. The molecule has 2 aromatic rings. The maximum absolute atomic E-state index is 13.0. The molecule has 1 aliphatic heterocycles. The zero-order valence-corrected chi connectivity index (χ0v) is 16.4. The molecular weight excluding hydrogens is 416 g/mol. The second kappa shape index (κ2) is 8.69. The summed E-state index contributed by atoms with van der Waals surface area (Å²) in [6.07, 6.45) is -1.41. The van der Waals surface area contributed by atoms with E-state index in [0.717, 1.165) is 12.1 Å². The second-order valence-electron chi connectivity index (χ2n) is 6.60. The van der Waals surface area contributed by atoms with Crippen molar-refractivity contribution in [3.8, 4) is 0 Å².